The van der Waals surface area contributed by atoms with Gasteiger partial charge in [0.2, 0.25) is 0 Å². The third kappa shape index (κ3) is 5.69. The number of rotatable bonds is 3. The van der Waals surface area contributed by atoms with Crippen LogP contribution < -0.4 is 5.73 Å². The first-order chi connectivity index (χ1) is 8.28. The topological polar surface area (TPSA) is 64.8 Å². The summed E-state index contributed by atoms with van der Waals surface area (Å²) in [6, 6.07) is 0.172. The van der Waals surface area contributed by atoms with Gasteiger partial charge in [-0.2, -0.15) is 0 Å². The van der Waals surface area contributed by atoms with Crippen LogP contribution in [0, 0.1) is 0 Å². The van der Waals surface area contributed by atoms with E-state index >= 15 is 0 Å². The molecule has 2 atom stereocenters. The number of ether oxygens (including phenoxy) is 2. The maximum Gasteiger partial charge on any atom is 0.410 e. The first kappa shape index (κ1) is 15.2. The van der Waals surface area contributed by atoms with Gasteiger partial charge in [0, 0.05) is 12.6 Å². The number of amides is 1. The molecule has 1 fully saturated rings. The van der Waals surface area contributed by atoms with Crippen LogP contribution in [-0.2, 0) is 9.47 Å². The van der Waals surface area contributed by atoms with Crippen molar-refractivity contribution in [2.24, 2.45) is 5.73 Å². The first-order valence-electron chi connectivity index (χ1n) is 6.63. The van der Waals surface area contributed by atoms with Crippen LogP contribution in [0.5, 0.6) is 0 Å². The minimum Gasteiger partial charge on any atom is -0.444 e. The standard InChI is InChI=1S/C13H26N2O3/c1-10(14)5-6-11-9-15(7-8-17-11)12(16)18-13(2,3)4/h10-11H,5-9,14H2,1-4H3/t10-,11?/m1/s1. The van der Waals surface area contributed by atoms with Gasteiger partial charge in [0.25, 0.3) is 0 Å². The number of carbonyl (C=O) groups excluding carboxylic acids is 1. The zero-order chi connectivity index (χ0) is 13.8. The molecular formula is C13H26N2O3. The summed E-state index contributed by atoms with van der Waals surface area (Å²) in [5.41, 5.74) is 5.28. The Morgan fingerprint density at radius 2 is 2.22 bits per heavy atom. The molecule has 1 unspecified atom stereocenters. The van der Waals surface area contributed by atoms with Gasteiger partial charge < -0.3 is 20.1 Å². The lowest BCUT2D eigenvalue weighted by Crippen LogP contribution is -2.47. The van der Waals surface area contributed by atoms with Gasteiger partial charge in [-0.1, -0.05) is 0 Å². The highest BCUT2D eigenvalue weighted by molar-refractivity contribution is 5.68. The predicted molar refractivity (Wildman–Crippen MR) is 70.4 cm³/mol. The lowest BCUT2D eigenvalue weighted by Gasteiger charge is -2.34. The fourth-order valence-corrected chi connectivity index (χ4v) is 1.84. The van der Waals surface area contributed by atoms with Crippen LogP contribution in [0.4, 0.5) is 4.79 Å². The number of carbonyl (C=O) groups is 1. The summed E-state index contributed by atoms with van der Waals surface area (Å²) in [5, 5.41) is 0. The molecule has 1 heterocycles. The maximum atomic E-state index is 11.9. The van der Waals surface area contributed by atoms with E-state index in [4.69, 9.17) is 15.2 Å². The Kier molecular flexibility index (Phi) is 5.41. The molecule has 1 saturated heterocycles. The summed E-state index contributed by atoms with van der Waals surface area (Å²) in [4.78, 5) is 13.6. The van der Waals surface area contributed by atoms with E-state index in [1.54, 1.807) is 4.90 Å². The second-order valence-electron chi connectivity index (χ2n) is 5.97. The Morgan fingerprint density at radius 1 is 1.56 bits per heavy atom. The average molecular weight is 258 g/mol. The molecule has 2 N–H and O–H groups in total. The molecule has 0 aromatic rings. The summed E-state index contributed by atoms with van der Waals surface area (Å²) in [6.45, 7) is 9.37. The van der Waals surface area contributed by atoms with Gasteiger partial charge in [-0.05, 0) is 40.5 Å². The van der Waals surface area contributed by atoms with Gasteiger partial charge in [-0.15, -0.1) is 0 Å². The fraction of sp³-hybridized carbons (Fsp3) is 0.923. The molecule has 1 rings (SSSR count). The molecule has 1 aliphatic rings. The number of nitrogens with zero attached hydrogens (tertiary/aromatic N) is 1. The molecule has 5 heteroatoms. The van der Waals surface area contributed by atoms with Gasteiger partial charge in [0.05, 0.1) is 19.3 Å². The zero-order valence-electron chi connectivity index (χ0n) is 11.9. The van der Waals surface area contributed by atoms with Gasteiger partial charge in [0.15, 0.2) is 0 Å². The highest BCUT2D eigenvalue weighted by Gasteiger charge is 2.27. The summed E-state index contributed by atoms with van der Waals surface area (Å²) in [7, 11) is 0. The van der Waals surface area contributed by atoms with E-state index < -0.39 is 5.60 Å². The van der Waals surface area contributed by atoms with Crippen molar-refractivity contribution >= 4 is 6.09 Å². The van der Waals surface area contributed by atoms with Crippen molar-refractivity contribution in [2.75, 3.05) is 19.7 Å². The largest absolute Gasteiger partial charge is 0.444 e. The number of hydrogen-bond acceptors (Lipinski definition) is 4. The molecule has 0 aromatic carbocycles. The van der Waals surface area contributed by atoms with Crippen molar-refractivity contribution in [3.05, 3.63) is 0 Å². The monoisotopic (exact) mass is 258 g/mol. The minimum atomic E-state index is -0.448. The molecule has 0 spiro atoms. The summed E-state index contributed by atoms with van der Waals surface area (Å²) < 4.78 is 11.0. The van der Waals surface area contributed by atoms with E-state index in [9.17, 15) is 4.79 Å². The predicted octanol–water partition coefficient (Wildman–Crippen LogP) is 1.75. The summed E-state index contributed by atoms with van der Waals surface area (Å²) >= 11 is 0. The molecule has 106 valence electrons. The Balaban J connectivity index is 2.40. The molecular weight excluding hydrogens is 232 g/mol. The second kappa shape index (κ2) is 6.38. The highest BCUT2D eigenvalue weighted by Crippen LogP contribution is 2.15. The molecule has 5 nitrogen and oxygen atoms in total. The lowest BCUT2D eigenvalue weighted by molar-refractivity contribution is -0.0453. The molecule has 0 bridgehead atoms. The Bertz CT molecular complexity index is 274. The second-order valence-corrected chi connectivity index (χ2v) is 5.97. The van der Waals surface area contributed by atoms with Crippen LogP contribution >= 0.6 is 0 Å². The van der Waals surface area contributed by atoms with Crippen molar-refractivity contribution < 1.29 is 14.3 Å². The van der Waals surface area contributed by atoms with Crippen LogP contribution in [0.15, 0.2) is 0 Å². The number of morpholine rings is 1. The normalized spacial score (nSPS) is 22.7. The fourth-order valence-electron chi connectivity index (χ4n) is 1.84. The quantitative estimate of drug-likeness (QED) is 0.837. The van der Waals surface area contributed by atoms with E-state index in [2.05, 4.69) is 0 Å². The van der Waals surface area contributed by atoms with Crippen LogP contribution in [0.2, 0.25) is 0 Å². The Hall–Kier alpha value is -0.810. The molecule has 0 saturated carbocycles. The lowest BCUT2D eigenvalue weighted by atomic mass is 10.1. The molecule has 0 aromatic heterocycles. The maximum absolute atomic E-state index is 11.9. The van der Waals surface area contributed by atoms with Crippen molar-refractivity contribution in [1.82, 2.24) is 4.90 Å². The highest BCUT2D eigenvalue weighted by atomic mass is 16.6. The van der Waals surface area contributed by atoms with Crippen molar-refractivity contribution in [3.8, 4) is 0 Å². The average Bonchev–Trinajstić information content (AvgIpc) is 2.24. The molecule has 0 radical (unpaired) electrons. The van der Waals surface area contributed by atoms with E-state index in [0.29, 0.717) is 19.7 Å². The van der Waals surface area contributed by atoms with Gasteiger partial charge >= 0.3 is 6.09 Å². The first-order valence-corrected chi connectivity index (χ1v) is 6.63. The Morgan fingerprint density at radius 3 is 2.78 bits per heavy atom. The molecule has 18 heavy (non-hydrogen) atoms. The van der Waals surface area contributed by atoms with Gasteiger partial charge in [0.1, 0.15) is 5.60 Å². The van der Waals surface area contributed by atoms with Crippen LogP contribution in [0.1, 0.15) is 40.5 Å². The van der Waals surface area contributed by atoms with Crippen molar-refractivity contribution in [1.29, 1.82) is 0 Å². The molecule has 1 amide bonds. The van der Waals surface area contributed by atoms with Crippen LogP contribution in [-0.4, -0.2) is 48.4 Å². The van der Waals surface area contributed by atoms with Crippen LogP contribution in [0.3, 0.4) is 0 Å². The Labute approximate surface area is 110 Å². The zero-order valence-corrected chi connectivity index (χ0v) is 11.9. The van der Waals surface area contributed by atoms with Gasteiger partial charge in [-0.25, -0.2) is 4.79 Å². The number of hydrogen-bond donors (Lipinski definition) is 1. The van der Waals surface area contributed by atoms with Gasteiger partial charge in [-0.3, -0.25) is 0 Å². The summed E-state index contributed by atoms with van der Waals surface area (Å²) in [5.74, 6) is 0. The minimum absolute atomic E-state index is 0.0808. The van der Waals surface area contributed by atoms with E-state index in [1.165, 1.54) is 0 Å². The molecule has 0 aliphatic carbocycles. The van der Waals surface area contributed by atoms with E-state index in [1.807, 2.05) is 27.7 Å². The smallest absolute Gasteiger partial charge is 0.410 e. The van der Waals surface area contributed by atoms with Crippen LogP contribution in [0.25, 0.3) is 0 Å². The SMILES string of the molecule is C[C@@H](N)CCC1CN(C(=O)OC(C)(C)C)CCO1. The number of nitrogens with two attached hydrogens (primary N) is 1. The van der Waals surface area contributed by atoms with E-state index in [-0.39, 0.29) is 18.2 Å². The third-order valence-corrected chi connectivity index (χ3v) is 2.73. The molecule has 1 aliphatic heterocycles. The van der Waals surface area contributed by atoms with Crippen molar-refractivity contribution in [3.63, 3.8) is 0 Å². The summed E-state index contributed by atoms with van der Waals surface area (Å²) in [6.07, 6.45) is 1.62. The van der Waals surface area contributed by atoms with E-state index in [0.717, 1.165) is 12.8 Å². The third-order valence-electron chi connectivity index (χ3n) is 2.73. The van der Waals surface area contributed by atoms with Crippen molar-refractivity contribution in [2.45, 2.75) is 58.3 Å².